The summed E-state index contributed by atoms with van der Waals surface area (Å²) in [6, 6.07) is 2.22. The lowest BCUT2D eigenvalue weighted by atomic mass is 10.1. The molecule has 0 aliphatic heterocycles. The second-order valence-electron chi connectivity index (χ2n) is 9.72. The second-order valence-corrected chi connectivity index (χ2v) is 11.3. The number of sulfonamides is 1. The van der Waals surface area contributed by atoms with Gasteiger partial charge in [-0.1, -0.05) is 27.7 Å². The minimum absolute atomic E-state index is 0.198. The van der Waals surface area contributed by atoms with Crippen LogP contribution in [0.1, 0.15) is 58.9 Å². The maximum Gasteiger partial charge on any atom is 0.416 e. The van der Waals surface area contributed by atoms with Gasteiger partial charge in [-0.3, -0.25) is 40.5 Å². The molecule has 21 heteroatoms. The van der Waals surface area contributed by atoms with Crippen LogP contribution in [0.4, 0.5) is 47.3 Å². The lowest BCUT2D eigenvalue weighted by molar-refractivity contribution is -0.393. The van der Waals surface area contributed by atoms with E-state index in [0.717, 1.165) is 12.1 Å². The molecule has 0 saturated carbocycles. The normalized spacial score (nSPS) is 11.3. The molecule has 2 rings (SSSR count). The standard InChI is InChI=1S/C13H16F3N3O4.C12H18N4O6S/c1-3-5-17(6-4-2)12-10(18(20)21)7-9(13(14,15)16)8-11(12)19(22)23;1-3-5-14(6-4-2)12-10(15(17)18)7-9(23(13,21)22)8-11(12)16(19)20/h7-8H,3-6H2,1-2H3;7-8H,3-6H2,1-2H3,(H2,13,21,22). The molecule has 17 nitrogen and oxygen atoms in total. The van der Waals surface area contributed by atoms with Crippen LogP contribution in [0.25, 0.3) is 0 Å². The average molecular weight is 682 g/mol. The number of anilines is 2. The third-order valence-corrected chi connectivity index (χ3v) is 7.05. The van der Waals surface area contributed by atoms with Gasteiger partial charge in [-0.25, -0.2) is 13.6 Å². The van der Waals surface area contributed by atoms with Crippen molar-refractivity contribution in [3.63, 3.8) is 0 Å². The fourth-order valence-electron chi connectivity index (χ4n) is 4.47. The molecule has 2 aromatic rings. The Bertz CT molecular complexity index is 1470. The monoisotopic (exact) mass is 681 g/mol. The average Bonchev–Trinajstić information content (AvgIpc) is 2.94. The predicted molar refractivity (Wildman–Crippen MR) is 161 cm³/mol. The molecule has 0 spiro atoms. The Morgan fingerprint density at radius 1 is 0.630 bits per heavy atom. The molecular formula is C25H34F3N7O10S. The van der Waals surface area contributed by atoms with Crippen LogP contribution in [0.5, 0.6) is 0 Å². The van der Waals surface area contributed by atoms with Crippen LogP contribution in [0.2, 0.25) is 0 Å². The Morgan fingerprint density at radius 2 is 0.891 bits per heavy atom. The van der Waals surface area contributed by atoms with Gasteiger partial charge >= 0.3 is 17.6 Å². The highest BCUT2D eigenvalue weighted by Gasteiger charge is 2.39. The molecule has 0 heterocycles. The molecule has 0 aromatic heterocycles. The number of alkyl halides is 3. The number of primary sulfonamides is 1. The van der Waals surface area contributed by atoms with Gasteiger partial charge in [0.25, 0.3) is 11.4 Å². The quantitative estimate of drug-likeness (QED) is 0.170. The van der Waals surface area contributed by atoms with E-state index in [9.17, 15) is 62.0 Å². The summed E-state index contributed by atoms with van der Waals surface area (Å²) in [7, 11) is -4.31. The second kappa shape index (κ2) is 16.6. The fourth-order valence-corrected chi connectivity index (χ4v) is 5.02. The number of nitrogens with zero attached hydrogens (tertiary/aromatic N) is 6. The van der Waals surface area contributed by atoms with E-state index in [1.165, 1.54) is 9.80 Å². The first-order chi connectivity index (χ1) is 21.3. The molecule has 46 heavy (non-hydrogen) atoms. The summed E-state index contributed by atoms with van der Waals surface area (Å²) < 4.78 is 61.4. The Morgan fingerprint density at radius 3 is 1.09 bits per heavy atom. The Kier molecular flexibility index (Phi) is 14.2. The molecule has 0 bridgehead atoms. The summed E-state index contributed by atoms with van der Waals surface area (Å²) in [6.07, 6.45) is -2.60. The van der Waals surface area contributed by atoms with Crippen molar-refractivity contribution in [1.29, 1.82) is 0 Å². The van der Waals surface area contributed by atoms with Crippen molar-refractivity contribution in [3.8, 4) is 0 Å². The van der Waals surface area contributed by atoms with Crippen LogP contribution in [0.3, 0.4) is 0 Å². The van der Waals surface area contributed by atoms with E-state index in [2.05, 4.69) is 0 Å². The van der Waals surface area contributed by atoms with Crippen LogP contribution in [0.15, 0.2) is 29.2 Å². The largest absolute Gasteiger partial charge is 0.416 e. The molecule has 0 atom stereocenters. The van der Waals surface area contributed by atoms with Crippen molar-refractivity contribution in [2.45, 2.75) is 64.5 Å². The lowest BCUT2D eigenvalue weighted by Crippen LogP contribution is -2.27. The maximum absolute atomic E-state index is 12.8. The van der Waals surface area contributed by atoms with E-state index < -0.39 is 69.1 Å². The van der Waals surface area contributed by atoms with Gasteiger partial charge in [0.2, 0.25) is 10.0 Å². The van der Waals surface area contributed by atoms with Gasteiger partial charge in [0.1, 0.15) is 0 Å². The van der Waals surface area contributed by atoms with E-state index in [0.29, 0.717) is 50.9 Å². The van der Waals surface area contributed by atoms with Crippen LogP contribution in [-0.2, 0) is 16.2 Å². The van der Waals surface area contributed by atoms with E-state index in [1.54, 1.807) is 13.8 Å². The van der Waals surface area contributed by atoms with Crippen molar-refractivity contribution < 1.29 is 41.3 Å². The lowest BCUT2D eigenvalue weighted by Gasteiger charge is -2.23. The van der Waals surface area contributed by atoms with Crippen LogP contribution in [-0.4, -0.2) is 54.3 Å². The van der Waals surface area contributed by atoms with Crippen LogP contribution >= 0.6 is 0 Å². The number of benzene rings is 2. The first-order valence-corrected chi connectivity index (χ1v) is 15.3. The van der Waals surface area contributed by atoms with Crippen molar-refractivity contribution in [2.24, 2.45) is 5.14 Å². The highest BCUT2D eigenvalue weighted by Crippen LogP contribution is 2.43. The number of rotatable bonds is 15. The van der Waals surface area contributed by atoms with Gasteiger partial charge in [-0.2, -0.15) is 13.2 Å². The van der Waals surface area contributed by atoms with Crippen LogP contribution in [0, 0.1) is 40.5 Å². The predicted octanol–water partition coefficient (Wildman–Crippen LogP) is 5.93. The van der Waals surface area contributed by atoms with Gasteiger partial charge in [-0.15, -0.1) is 0 Å². The summed E-state index contributed by atoms with van der Waals surface area (Å²) in [5.41, 5.74) is -5.10. The summed E-state index contributed by atoms with van der Waals surface area (Å²) in [4.78, 5) is 43.5. The van der Waals surface area contributed by atoms with E-state index in [-0.39, 0.29) is 24.5 Å². The smallest absolute Gasteiger partial charge is 0.360 e. The summed E-state index contributed by atoms with van der Waals surface area (Å²) in [5.74, 6) is 0. The van der Waals surface area contributed by atoms with Gasteiger partial charge in [0, 0.05) is 50.4 Å². The van der Waals surface area contributed by atoms with Gasteiger partial charge < -0.3 is 9.80 Å². The van der Waals surface area contributed by atoms with Gasteiger partial charge in [0.15, 0.2) is 11.4 Å². The van der Waals surface area contributed by atoms with Crippen molar-refractivity contribution >= 4 is 44.1 Å². The number of nitrogens with two attached hydrogens (primary N) is 1. The number of hydrogen-bond acceptors (Lipinski definition) is 12. The number of nitro groups is 4. The third-order valence-electron chi connectivity index (χ3n) is 6.16. The number of halogens is 3. The molecule has 0 unspecified atom stereocenters. The third kappa shape index (κ3) is 10.2. The van der Waals surface area contributed by atoms with Crippen molar-refractivity contribution in [3.05, 3.63) is 70.3 Å². The first kappa shape index (κ1) is 39.4. The zero-order valence-electron chi connectivity index (χ0n) is 25.4. The Hall–Kier alpha value is -4.66. The minimum atomic E-state index is -4.91. The zero-order valence-corrected chi connectivity index (χ0v) is 26.2. The minimum Gasteiger partial charge on any atom is -0.360 e. The molecule has 0 radical (unpaired) electrons. The molecule has 0 aliphatic rings. The highest BCUT2D eigenvalue weighted by atomic mass is 32.2. The fraction of sp³-hybridized carbons (Fsp3) is 0.520. The van der Waals surface area contributed by atoms with E-state index in [4.69, 9.17) is 5.14 Å². The molecule has 0 saturated heterocycles. The Balaban J connectivity index is 0.000000460. The molecular weight excluding hydrogens is 647 g/mol. The highest BCUT2D eigenvalue weighted by molar-refractivity contribution is 7.89. The summed E-state index contributed by atoms with van der Waals surface area (Å²) in [6.45, 7) is 8.46. The number of hydrogen-bond donors (Lipinski definition) is 1. The maximum atomic E-state index is 12.8. The number of nitro benzene ring substituents is 4. The zero-order chi connectivity index (χ0) is 35.6. The van der Waals surface area contributed by atoms with Crippen molar-refractivity contribution in [1.82, 2.24) is 0 Å². The molecule has 256 valence electrons. The molecule has 0 fully saturated rings. The summed E-state index contributed by atoms with van der Waals surface area (Å²) >= 11 is 0. The van der Waals surface area contributed by atoms with E-state index >= 15 is 0 Å². The summed E-state index contributed by atoms with van der Waals surface area (Å²) in [5, 5.41) is 49.9. The van der Waals surface area contributed by atoms with E-state index in [1.807, 2.05) is 13.8 Å². The van der Waals surface area contributed by atoms with Crippen molar-refractivity contribution in [2.75, 3.05) is 36.0 Å². The topological polar surface area (TPSA) is 239 Å². The van der Waals surface area contributed by atoms with Gasteiger partial charge in [0.05, 0.1) is 30.2 Å². The van der Waals surface area contributed by atoms with Crippen LogP contribution < -0.4 is 14.9 Å². The molecule has 0 aliphatic carbocycles. The van der Waals surface area contributed by atoms with Gasteiger partial charge in [-0.05, 0) is 25.7 Å². The molecule has 2 N–H and O–H groups in total. The Labute approximate surface area is 261 Å². The molecule has 2 aromatic carbocycles. The molecule has 0 amide bonds. The SMILES string of the molecule is CCCN(CCC)c1c([N+](=O)[O-])cc(C(F)(F)F)cc1[N+](=O)[O-].CCCN(CCC)c1c([N+](=O)[O-])cc(S(N)(=O)=O)cc1[N+](=O)[O-]. The first-order valence-electron chi connectivity index (χ1n) is 13.8.